The van der Waals surface area contributed by atoms with Crippen molar-refractivity contribution in [3.63, 3.8) is 0 Å². The Bertz CT molecular complexity index is 151. The van der Waals surface area contributed by atoms with Gasteiger partial charge in [0, 0.05) is 6.42 Å². The van der Waals surface area contributed by atoms with Crippen LogP contribution in [-0.4, -0.2) is 12.6 Å². The summed E-state index contributed by atoms with van der Waals surface area (Å²) in [6, 6.07) is 0. The molecule has 0 aromatic carbocycles. The first-order chi connectivity index (χ1) is 7.24. The third-order valence-electron chi connectivity index (χ3n) is 2.30. The second kappa shape index (κ2) is 9.97. The summed E-state index contributed by atoms with van der Waals surface area (Å²) in [5.74, 6) is 0.263. The Hall–Kier alpha value is -0.570. The lowest BCUT2D eigenvalue weighted by molar-refractivity contribution is -0.278. The molecule has 90 valence electrons. The zero-order valence-corrected chi connectivity index (χ0v) is 10.3. The third-order valence-corrected chi connectivity index (χ3v) is 2.30. The van der Waals surface area contributed by atoms with Crippen LogP contribution in [0.2, 0.25) is 0 Å². The largest absolute Gasteiger partial charge is 0.342 e. The highest BCUT2D eigenvalue weighted by molar-refractivity contribution is 5.68. The minimum absolute atomic E-state index is 0.260. The van der Waals surface area contributed by atoms with Crippen molar-refractivity contribution in [1.29, 1.82) is 0 Å². The van der Waals surface area contributed by atoms with Crippen molar-refractivity contribution in [3.8, 4) is 0 Å². The molecule has 15 heavy (non-hydrogen) atoms. The molecule has 3 heteroatoms. The fourth-order valence-electron chi connectivity index (χ4n) is 1.57. The number of hydrogen-bond donors (Lipinski definition) is 0. The molecule has 0 aromatic rings. The fourth-order valence-corrected chi connectivity index (χ4v) is 1.57. The van der Waals surface area contributed by atoms with Crippen molar-refractivity contribution in [3.05, 3.63) is 0 Å². The molecule has 0 saturated carbocycles. The molecule has 0 radical (unpaired) electrons. The standard InChI is InChI=1S/C12H24O3/c1-4-7-11(8-5-2)10-14-15-12(13)9-6-3/h11H,4-10H2,1-3H3. The van der Waals surface area contributed by atoms with E-state index >= 15 is 0 Å². The number of carbonyl (C=O) groups is 1. The van der Waals surface area contributed by atoms with E-state index in [1.54, 1.807) is 0 Å². The van der Waals surface area contributed by atoms with Gasteiger partial charge in [-0.15, -0.1) is 0 Å². The Morgan fingerprint density at radius 3 is 2.13 bits per heavy atom. The van der Waals surface area contributed by atoms with Gasteiger partial charge in [0.2, 0.25) is 0 Å². The highest BCUT2D eigenvalue weighted by atomic mass is 17.2. The van der Waals surface area contributed by atoms with E-state index in [0.29, 0.717) is 18.9 Å². The van der Waals surface area contributed by atoms with Crippen LogP contribution in [0.5, 0.6) is 0 Å². The van der Waals surface area contributed by atoms with E-state index in [0.717, 1.165) is 32.1 Å². The second-order valence-electron chi connectivity index (χ2n) is 3.93. The molecule has 0 atom stereocenters. The molecule has 0 amide bonds. The monoisotopic (exact) mass is 216 g/mol. The summed E-state index contributed by atoms with van der Waals surface area (Å²) in [6.45, 7) is 6.80. The average Bonchev–Trinajstić information content (AvgIpc) is 2.19. The van der Waals surface area contributed by atoms with Gasteiger partial charge >= 0.3 is 5.97 Å². The highest BCUT2D eigenvalue weighted by Gasteiger charge is 2.09. The number of rotatable bonds is 9. The quantitative estimate of drug-likeness (QED) is 0.437. The minimum Gasteiger partial charge on any atom is -0.298 e. The molecule has 0 bridgehead atoms. The lowest BCUT2D eigenvalue weighted by Gasteiger charge is -2.13. The summed E-state index contributed by atoms with van der Waals surface area (Å²) in [6.07, 6.45) is 5.81. The second-order valence-corrected chi connectivity index (χ2v) is 3.93. The minimum atomic E-state index is -0.260. The van der Waals surface area contributed by atoms with Gasteiger partial charge in [0.25, 0.3) is 0 Å². The van der Waals surface area contributed by atoms with Crippen molar-refractivity contribution >= 4 is 5.97 Å². The molecule has 3 nitrogen and oxygen atoms in total. The van der Waals surface area contributed by atoms with Gasteiger partial charge in [0.15, 0.2) is 0 Å². The molecule has 0 spiro atoms. The van der Waals surface area contributed by atoms with Gasteiger partial charge < -0.3 is 0 Å². The number of hydrogen-bond acceptors (Lipinski definition) is 3. The SMILES string of the molecule is CCCC(=O)OOCC(CCC)CCC. The fraction of sp³-hybridized carbons (Fsp3) is 0.917. The summed E-state index contributed by atoms with van der Waals surface area (Å²) < 4.78 is 0. The van der Waals surface area contributed by atoms with Crippen LogP contribution in [-0.2, 0) is 14.6 Å². The Morgan fingerprint density at radius 2 is 1.67 bits per heavy atom. The Balaban J connectivity index is 3.55. The van der Waals surface area contributed by atoms with Crippen molar-refractivity contribution in [1.82, 2.24) is 0 Å². The lowest BCUT2D eigenvalue weighted by atomic mass is 10.00. The van der Waals surface area contributed by atoms with Gasteiger partial charge in [-0.25, -0.2) is 4.79 Å². The molecule has 0 fully saturated rings. The van der Waals surface area contributed by atoms with E-state index in [1.165, 1.54) is 0 Å². The van der Waals surface area contributed by atoms with E-state index < -0.39 is 0 Å². The lowest BCUT2D eigenvalue weighted by Crippen LogP contribution is -2.13. The van der Waals surface area contributed by atoms with Gasteiger partial charge in [-0.1, -0.05) is 33.6 Å². The first kappa shape index (κ1) is 14.4. The van der Waals surface area contributed by atoms with Crippen molar-refractivity contribution in [2.24, 2.45) is 5.92 Å². The first-order valence-corrected chi connectivity index (χ1v) is 6.06. The average molecular weight is 216 g/mol. The number of carbonyl (C=O) groups excluding carboxylic acids is 1. The topological polar surface area (TPSA) is 35.5 Å². The first-order valence-electron chi connectivity index (χ1n) is 6.06. The van der Waals surface area contributed by atoms with Gasteiger partial charge in [-0.3, -0.25) is 4.89 Å². The predicted octanol–water partition coefficient (Wildman–Crippen LogP) is 3.48. The maximum absolute atomic E-state index is 11.0. The maximum Gasteiger partial charge on any atom is 0.342 e. The summed E-state index contributed by atoms with van der Waals surface area (Å²) in [7, 11) is 0. The van der Waals surface area contributed by atoms with Gasteiger partial charge in [-0.2, -0.15) is 4.89 Å². The maximum atomic E-state index is 11.0. The van der Waals surface area contributed by atoms with E-state index in [2.05, 4.69) is 18.7 Å². The Morgan fingerprint density at radius 1 is 1.07 bits per heavy atom. The summed E-state index contributed by atoms with van der Waals surface area (Å²) in [5, 5.41) is 0. The third kappa shape index (κ3) is 8.43. The molecule has 0 aromatic heterocycles. The van der Waals surface area contributed by atoms with Gasteiger partial charge in [0.05, 0.1) is 6.61 Å². The zero-order valence-electron chi connectivity index (χ0n) is 10.3. The van der Waals surface area contributed by atoms with Crippen LogP contribution in [0.3, 0.4) is 0 Å². The molecule has 0 rings (SSSR count). The molecule has 0 saturated heterocycles. The van der Waals surface area contributed by atoms with Gasteiger partial charge in [-0.05, 0) is 25.2 Å². The highest BCUT2D eigenvalue weighted by Crippen LogP contribution is 2.13. The molecule has 0 N–H and O–H groups in total. The van der Waals surface area contributed by atoms with E-state index in [4.69, 9.17) is 4.89 Å². The van der Waals surface area contributed by atoms with E-state index in [9.17, 15) is 4.79 Å². The molecule has 0 aliphatic rings. The van der Waals surface area contributed by atoms with Crippen LogP contribution in [0.15, 0.2) is 0 Å². The smallest absolute Gasteiger partial charge is 0.298 e. The van der Waals surface area contributed by atoms with Crippen molar-refractivity contribution < 1.29 is 14.6 Å². The normalized spacial score (nSPS) is 10.7. The van der Waals surface area contributed by atoms with E-state index in [1.807, 2.05) is 6.92 Å². The van der Waals surface area contributed by atoms with Crippen LogP contribution in [0.25, 0.3) is 0 Å². The summed E-state index contributed by atoms with van der Waals surface area (Å²) in [5.41, 5.74) is 0. The summed E-state index contributed by atoms with van der Waals surface area (Å²) >= 11 is 0. The van der Waals surface area contributed by atoms with Crippen LogP contribution < -0.4 is 0 Å². The molecule has 0 aliphatic carbocycles. The molecular formula is C12H24O3. The molecule has 0 aliphatic heterocycles. The van der Waals surface area contributed by atoms with E-state index in [-0.39, 0.29) is 5.97 Å². The van der Waals surface area contributed by atoms with Gasteiger partial charge in [0.1, 0.15) is 0 Å². The van der Waals surface area contributed by atoms with Crippen molar-refractivity contribution in [2.45, 2.75) is 59.3 Å². The van der Waals surface area contributed by atoms with Crippen LogP contribution in [0, 0.1) is 5.92 Å². The van der Waals surface area contributed by atoms with Crippen LogP contribution in [0.4, 0.5) is 0 Å². The molecule has 0 heterocycles. The molecule has 0 unspecified atom stereocenters. The molecular weight excluding hydrogens is 192 g/mol. The Kier molecular flexibility index (Phi) is 9.59. The zero-order chi connectivity index (χ0) is 11.5. The summed E-state index contributed by atoms with van der Waals surface area (Å²) in [4.78, 5) is 20.6. The predicted molar refractivity (Wildman–Crippen MR) is 60.3 cm³/mol. The Labute approximate surface area is 93.1 Å². The van der Waals surface area contributed by atoms with Crippen molar-refractivity contribution in [2.75, 3.05) is 6.61 Å². The van der Waals surface area contributed by atoms with Crippen LogP contribution in [0.1, 0.15) is 59.3 Å². The van der Waals surface area contributed by atoms with Crippen LogP contribution >= 0.6 is 0 Å².